The molecule has 3 N–H and O–H groups in total. The van der Waals surface area contributed by atoms with E-state index in [2.05, 4.69) is 34.8 Å². The van der Waals surface area contributed by atoms with Crippen molar-refractivity contribution in [3.63, 3.8) is 0 Å². The van der Waals surface area contributed by atoms with Gasteiger partial charge in [0.15, 0.2) is 5.43 Å². The zero-order chi connectivity index (χ0) is 21.7. The van der Waals surface area contributed by atoms with E-state index in [1.807, 2.05) is 24.3 Å². The molecule has 5 rings (SSSR count). The summed E-state index contributed by atoms with van der Waals surface area (Å²) in [6.07, 6.45) is 1.48. The summed E-state index contributed by atoms with van der Waals surface area (Å²) in [7, 11) is 0. The van der Waals surface area contributed by atoms with Gasteiger partial charge in [-0.1, -0.05) is 32.0 Å². The topological polar surface area (TPSA) is 105 Å². The minimum Gasteiger partial charge on any atom is -0.364 e. The van der Waals surface area contributed by atoms with Crippen LogP contribution in [0.3, 0.4) is 0 Å². The van der Waals surface area contributed by atoms with Crippen molar-refractivity contribution in [2.45, 2.75) is 13.8 Å². The molecule has 1 saturated heterocycles. The summed E-state index contributed by atoms with van der Waals surface area (Å²) in [5.41, 5.74) is 8.05. The van der Waals surface area contributed by atoms with E-state index >= 15 is 0 Å². The van der Waals surface area contributed by atoms with Crippen molar-refractivity contribution in [1.29, 1.82) is 0 Å². The molecule has 3 aromatic heterocycles. The highest BCUT2D eigenvalue weighted by molar-refractivity contribution is 6.04. The SMILES string of the molecule is CC1CN(c2nc3ccccc3cc2-c2cc(=O)c3c(C(N)=O)nccc3[nH]2)CC1C. The number of para-hydroxylation sites is 1. The number of primary amides is 1. The number of nitrogens with zero attached hydrogens (tertiary/aromatic N) is 3. The van der Waals surface area contributed by atoms with Crippen LogP contribution < -0.4 is 16.1 Å². The third-order valence-corrected chi connectivity index (χ3v) is 6.26. The molecular formula is C24H23N5O2. The molecule has 1 fully saturated rings. The van der Waals surface area contributed by atoms with Crippen LogP contribution in [0.4, 0.5) is 5.82 Å². The summed E-state index contributed by atoms with van der Waals surface area (Å²) in [6, 6.07) is 13.2. The summed E-state index contributed by atoms with van der Waals surface area (Å²) in [5, 5.41) is 1.20. The molecule has 156 valence electrons. The van der Waals surface area contributed by atoms with Crippen molar-refractivity contribution in [2.75, 3.05) is 18.0 Å². The van der Waals surface area contributed by atoms with Crippen LogP contribution in [0, 0.1) is 11.8 Å². The summed E-state index contributed by atoms with van der Waals surface area (Å²) in [6.45, 7) is 6.32. The lowest BCUT2D eigenvalue weighted by Gasteiger charge is -2.22. The fourth-order valence-electron chi connectivity index (χ4n) is 4.38. The lowest BCUT2D eigenvalue weighted by molar-refractivity contribution is 0.0997. The number of benzene rings is 1. The van der Waals surface area contributed by atoms with Gasteiger partial charge in [0.25, 0.3) is 5.91 Å². The lowest BCUT2D eigenvalue weighted by atomic mass is 10.0. The Balaban J connectivity index is 1.76. The highest BCUT2D eigenvalue weighted by atomic mass is 16.1. The van der Waals surface area contributed by atoms with E-state index in [-0.39, 0.29) is 16.5 Å². The summed E-state index contributed by atoms with van der Waals surface area (Å²) in [5.74, 6) is 1.24. The largest absolute Gasteiger partial charge is 0.364 e. The number of pyridine rings is 3. The Morgan fingerprint density at radius 1 is 1.13 bits per heavy atom. The zero-order valence-corrected chi connectivity index (χ0v) is 17.4. The molecule has 2 atom stereocenters. The number of carbonyl (C=O) groups is 1. The first-order valence-electron chi connectivity index (χ1n) is 10.4. The Kier molecular flexibility index (Phi) is 4.46. The normalized spacial score (nSPS) is 18.7. The number of carbonyl (C=O) groups excluding carboxylic acids is 1. The maximum absolute atomic E-state index is 13.0. The van der Waals surface area contributed by atoms with Crippen molar-refractivity contribution in [1.82, 2.24) is 15.0 Å². The van der Waals surface area contributed by atoms with Gasteiger partial charge in [-0.2, -0.15) is 0 Å². The Labute approximate surface area is 178 Å². The monoisotopic (exact) mass is 413 g/mol. The van der Waals surface area contributed by atoms with Crippen molar-refractivity contribution in [3.8, 4) is 11.3 Å². The first kappa shape index (κ1) is 19.2. The van der Waals surface area contributed by atoms with Crippen LogP contribution in [0.15, 0.2) is 53.5 Å². The van der Waals surface area contributed by atoms with Gasteiger partial charge in [0.05, 0.1) is 22.1 Å². The molecule has 0 aliphatic carbocycles. The minimum atomic E-state index is -0.725. The maximum Gasteiger partial charge on any atom is 0.268 e. The number of nitrogens with two attached hydrogens (primary N) is 1. The fourth-order valence-corrected chi connectivity index (χ4v) is 4.38. The molecule has 7 nitrogen and oxygen atoms in total. The zero-order valence-electron chi connectivity index (χ0n) is 17.4. The van der Waals surface area contributed by atoms with Gasteiger partial charge in [-0.05, 0) is 30.0 Å². The fraction of sp³-hybridized carbons (Fsp3) is 0.250. The quantitative estimate of drug-likeness (QED) is 0.536. The van der Waals surface area contributed by atoms with Crippen LogP contribution in [0.2, 0.25) is 0 Å². The Morgan fingerprint density at radius 2 is 1.87 bits per heavy atom. The van der Waals surface area contributed by atoms with E-state index in [1.165, 1.54) is 12.3 Å². The summed E-state index contributed by atoms with van der Waals surface area (Å²) in [4.78, 5) is 39.3. The molecule has 2 unspecified atom stereocenters. The minimum absolute atomic E-state index is 0.0237. The molecule has 1 amide bonds. The second kappa shape index (κ2) is 7.19. The molecule has 4 heterocycles. The third kappa shape index (κ3) is 3.22. The van der Waals surface area contributed by atoms with E-state index in [1.54, 1.807) is 6.07 Å². The van der Waals surface area contributed by atoms with Gasteiger partial charge < -0.3 is 15.6 Å². The molecule has 4 aromatic rings. The first-order chi connectivity index (χ1) is 14.9. The number of nitrogens with one attached hydrogen (secondary N) is 1. The number of aromatic nitrogens is 3. The van der Waals surface area contributed by atoms with Crippen molar-refractivity contribution in [2.24, 2.45) is 17.6 Å². The Hall–Kier alpha value is -3.74. The average Bonchev–Trinajstić information content (AvgIpc) is 3.10. The van der Waals surface area contributed by atoms with Gasteiger partial charge in [0, 0.05) is 36.3 Å². The van der Waals surface area contributed by atoms with Gasteiger partial charge in [0.2, 0.25) is 0 Å². The third-order valence-electron chi connectivity index (χ3n) is 6.26. The van der Waals surface area contributed by atoms with Gasteiger partial charge in [-0.15, -0.1) is 0 Å². The van der Waals surface area contributed by atoms with Crippen LogP contribution in [0.25, 0.3) is 33.1 Å². The molecule has 7 heteroatoms. The molecular weight excluding hydrogens is 390 g/mol. The number of aromatic amines is 1. The second-order valence-corrected chi connectivity index (χ2v) is 8.41. The molecule has 1 aromatic carbocycles. The predicted octanol–water partition coefficient (Wildman–Crippen LogP) is 3.33. The van der Waals surface area contributed by atoms with Crippen LogP contribution >= 0.6 is 0 Å². The number of amides is 1. The van der Waals surface area contributed by atoms with E-state index in [4.69, 9.17) is 10.7 Å². The highest BCUT2D eigenvalue weighted by Gasteiger charge is 2.29. The van der Waals surface area contributed by atoms with E-state index in [9.17, 15) is 9.59 Å². The van der Waals surface area contributed by atoms with Gasteiger partial charge in [-0.3, -0.25) is 14.6 Å². The number of fused-ring (bicyclic) bond motifs is 2. The number of hydrogen-bond acceptors (Lipinski definition) is 5. The second-order valence-electron chi connectivity index (χ2n) is 8.41. The van der Waals surface area contributed by atoms with E-state index in [0.717, 1.165) is 35.4 Å². The van der Waals surface area contributed by atoms with Crippen molar-refractivity contribution >= 4 is 33.5 Å². The first-order valence-corrected chi connectivity index (χ1v) is 10.4. The maximum atomic E-state index is 13.0. The number of hydrogen-bond donors (Lipinski definition) is 2. The smallest absolute Gasteiger partial charge is 0.268 e. The summed E-state index contributed by atoms with van der Waals surface area (Å²) >= 11 is 0. The number of anilines is 1. The van der Waals surface area contributed by atoms with Crippen LogP contribution in [0.1, 0.15) is 24.3 Å². The van der Waals surface area contributed by atoms with Crippen molar-refractivity contribution < 1.29 is 4.79 Å². The Bertz CT molecular complexity index is 1380. The van der Waals surface area contributed by atoms with Crippen molar-refractivity contribution in [3.05, 3.63) is 64.6 Å². The average molecular weight is 413 g/mol. The Morgan fingerprint density at radius 3 is 2.61 bits per heavy atom. The molecule has 0 saturated carbocycles. The highest BCUT2D eigenvalue weighted by Crippen LogP contribution is 2.35. The molecule has 1 aliphatic heterocycles. The predicted molar refractivity (Wildman–Crippen MR) is 122 cm³/mol. The van der Waals surface area contributed by atoms with Crippen LogP contribution in [0.5, 0.6) is 0 Å². The molecule has 0 bridgehead atoms. The van der Waals surface area contributed by atoms with Crippen LogP contribution in [-0.4, -0.2) is 33.9 Å². The number of rotatable bonds is 3. The lowest BCUT2D eigenvalue weighted by Crippen LogP contribution is -2.22. The number of H-pyrrole nitrogens is 1. The van der Waals surface area contributed by atoms with Gasteiger partial charge in [-0.25, -0.2) is 4.98 Å². The molecule has 0 radical (unpaired) electrons. The molecule has 1 aliphatic rings. The van der Waals surface area contributed by atoms with Gasteiger partial charge in [0.1, 0.15) is 11.5 Å². The van der Waals surface area contributed by atoms with Gasteiger partial charge >= 0.3 is 0 Å². The van der Waals surface area contributed by atoms with E-state index < -0.39 is 5.91 Å². The standard InChI is InChI=1S/C24H23N5O2/c1-13-11-29(12-14(13)2)24-16(9-15-5-3-4-6-17(15)28-24)19-10-20(30)21-18(27-19)7-8-26-22(21)23(25)31/h3-10,13-14H,11-12H2,1-2H3,(H2,25,31)(H,27,30). The molecule has 0 spiro atoms. The van der Waals surface area contributed by atoms with E-state index in [0.29, 0.717) is 23.0 Å². The van der Waals surface area contributed by atoms with Crippen LogP contribution in [-0.2, 0) is 0 Å². The summed E-state index contributed by atoms with van der Waals surface area (Å²) < 4.78 is 0. The molecule has 31 heavy (non-hydrogen) atoms.